The Balaban J connectivity index is 3.74. The van der Waals surface area contributed by atoms with Crippen LogP contribution in [-0.4, -0.2) is 34.9 Å². The third kappa shape index (κ3) is 20.3. The van der Waals surface area contributed by atoms with Crippen LogP contribution in [0, 0.1) is 0 Å². The minimum Gasteiger partial charge on any atom is -0.394 e. The molecule has 0 radical (unpaired) electrons. The zero-order valence-corrected chi connectivity index (χ0v) is 20.2. The van der Waals surface area contributed by atoms with Crippen molar-refractivity contribution in [2.45, 2.75) is 122 Å². The minimum atomic E-state index is -0.665. The van der Waals surface area contributed by atoms with Crippen LogP contribution in [0.25, 0.3) is 0 Å². The van der Waals surface area contributed by atoms with E-state index in [0.717, 1.165) is 57.8 Å². The minimum absolute atomic E-state index is 0.0705. The number of nitrogens with one attached hydrogen (secondary N) is 1. The van der Waals surface area contributed by atoms with Gasteiger partial charge in [-0.25, -0.2) is 0 Å². The first kappa shape index (κ1) is 29.6. The molecule has 2 atom stereocenters. The van der Waals surface area contributed by atoms with Gasteiger partial charge in [0.1, 0.15) is 0 Å². The lowest BCUT2D eigenvalue weighted by atomic mass is 10.0. The van der Waals surface area contributed by atoms with Crippen LogP contribution >= 0.6 is 0 Å². The number of allylic oxidation sites excluding steroid dienone is 6. The average molecular weight is 436 g/mol. The summed E-state index contributed by atoms with van der Waals surface area (Å²) in [4.78, 5) is 12.1. The first-order valence-corrected chi connectivity index (χ1v) is 12.7. The molecular formula is C27H49NO3. The van der Waals surface area contributed by atoms with E-state index in [9.17, 15) is 15.0 Å². The molecule has 4 heteroatoms. The number of aliphatic hydroxyl groups excluding tert-OH is 2. The zero-order chi connectivity index (χ0) is 23.0. The van der Waals surface area contributed by atoms with Crippen LogP contribution in [0.1, 0.15) is 110 Å². The van der Waals surface area contributed by atoms with E-state index in [1.807, 2.05) is 0 Å². The summed E-state index contributed by atoms with van der Waals surface area (Å²) in [6, 6.07) is -0.545. The largest absolute Gasteiger partial charge is 0.394 e. The zero-order valence-electron chi connectivity index (χ0n) is 20.2. The van der Waals surface area contributed by atoms with E-state index in [0.29, 0.717) is 12.8 Å². The SMILES string of the molecule is CC/C=C\C/C=C\C/C=C\CCCCCC(=O)NC(CO)C(O)CCCCCCCC. The van der Waals surface area contributed by atoms with Gasteiger partial charge in [0.05, 0.1) is 18.8 Å². The van der Waals surface area contributed by atoms with Crippen LogP contribution in [0.3, 0.4) is 0 Å². The number of rotatable bonds is 21. The predicted octanol–water partition coefficient (Wildman–Crippen LogP) is 6.38. The first-order valence-electron chi connectivity index (χ1n) is 12.7. The summed E-state index contributed by atoms with van der Waals surface area (Å²) >= 11 is 0. The van der Waals surface area contributed by atoms with Crippen LogP contribution < -0.4 is 5.32 Å². The summed E-state index contributed by atoms with van der Waals surface area (Å²) in [5.41, 5.74) is 0. The second-order valence-corrected chi connectivity index (χ2v) is 8.37. The molecule has 0 aromatic rings. The average Bonchev–Trinajstić information content (AvgIpc) is 2.77. The molecule has 4 nitrogen and oxygen atoms in total. The van der Waals surface area contributed by atoms with E-state index in [2.05, 4.69) is 55.6 Å². The summed E-state index contributed by atoms with van der Waals surface area (Å²) in [7, 11) is 0. The third-order valence-corrected chi connectivity index (χ3v) is 5.42. The molecule has 0 saturated heterocycles. The topological polar surface area (TPSA) is 69.6 Å². The molecule has 0 fully saturated rings. The van der Waals surface area contributed by atoms with E-state index in [1.54, 1.807) is 0 Å². The first-order chi connectivity index (χ1) is 15.2. The molecule has 180 valence electrons. The molecule has 0 aromatic heterocycles. The van der Waals surface area contributed by atoms with Crippen LogP contribution in [0.5, 0.6) is 0 Å². The van der Waals surface area contributed by atoms with E-state index >= 15 is 0 Å². The maximum Gasteiger partial charge on any atom is 0.220 e. The molecule has 0 bridgehead atoms. The Labute approximate surface area is 191 Å². The molecule has 2 unspecified atom stereocenters. The van der Waals surface area contributed by atoms with Gasteiger partial charge in [0, 0.05) is 6.42 Å². The molecule has 0 saturated carbocycles. The smallest absolute Gasteiger partial charge is 0.220 e. The van der Waals surface area contributed by atoms with Crippen LogP contribution in [0.2, 0.25) is 0 Å². The van der Waals surface area contributed by atoms with Crippen molar-refractivity contribution in [3.05, 3.63) is 36.5 Å². The van der Waals surface area contributed by atoms with Gasteiger partial charge in [0.2, 0.25) is 5.91 Å². The molecule has 0 aliphatic rings. The molecule has 0 heterocycles. The highest BCUT2D eigenvalue weighted by Gasteiger charge is 2.19. The number of carbonyl (C=O) groups is 1. The second-order valence-electron chi connectivity index (χ2n) is 8.37. The Bertz CT molecular complexity index is 485. The van der Waals surface area contributed by atoms with Gasteiger partial charge in [-0.3, -0.25) is 4.79 Å². The summed E-state index contributed by atoms with van der Waals surface area (Å²) in [5, 5.41) is 22.6. The Morgan fingerprint density at radius 3 is 2.10 bits per heavy atom. The number of unbranched alkanes of at least 4 members (excludes halogenated alkanes) is 8. The fourth-order valence-corrected chi connectivity index (χ4v) is 3.43. The standard InChI is InChI=1S/C27H49NO3/c1-3-5-7-9-11-12-13-14-15-16-17-19-21-23-27(31)28-25(24-29)26(30)22-20-18-10-8-6-4-2/h5,7,11-12,14-15,25-26,29-30H,3-4,6,8-10,13,16-24H2,1-2H3,(H,28,31)/b7-5-,12-11-,15-14-. The van der Waals surface area contributed by atoms with Crippen LogP contribution in [0.4, 0.5) is 0 Å². The lowest BCUT2D eigenvalue weighted by Gasteiger charge is -2.22. The molecule has 3 N–H and O–H groups in total. The fourth-order valence-electron chi connectivity index (χ4n) is 3.43. The number of aliphatic hydroxyl groups is 2. The number of carbonyl (C=O) groups excluding carboxylic acids is 1. The Kier molecular flexibility index (Phi) is 22.2. The maximum absolute atomic E-state index is 12.1. The maximum atomic E-state index is 12.1. The van der Waals surface area contributed by atoms with Gasteiger partial charge in [-0.1, -0.05) is 95.2 Å². The molecule has 0 spiro atoms. The van der Waals surface area contributed by atoms with Crippen LogP contribution in [-0.2, 0) is 4.79 Å². The molecule has 0 rings (SSSR count). The summed E-state index contributed by atoms with van der Waals surface area (Å²) in [5.74, 6) is -0.0705. The molecule has 0 aliphatic heterocycles. The Morgan fingerprint density at radius 2 is 1.42 bits per heavy atom. The van der Waals surface area contributed by atoms with E-state index in [1.165, 1.54) is 25.7 Å². The normalized spacial score (nSPS) is 14.1. The quantitative estimate of drug-likeness (QED) is 0.145. The van der Waals surface area contributed by atoms with Crippen molar-refractivity contribution >= 4 is 5.91 Å². The molecule has 0 aromatic carbocycles. The lowest BCUT2D eigenvalue weighted by Crippen LogP contribution is -2.45. The predicted molar refractivity (Wildman–Crippen MR) is 133 cm³/mol. The van der Waals surface area contributed by atoms with E-state index < -0.39 is 12.1 Å². The summed E-state index contributed by atoms with van der Waals surface area (Å²) in [6.45, 7) is 4.13. The van der Waals surface area contributed by atoms with Crippen molar-refractivity contribution < 1.29 is 15.0 Å². The third-order valence-electron chi connectivity index (χ3n) is 5.42. The lowest BCUT2D eigenvalue weighted by molar-refractivity contribution is -0.123. The highest BCUT2D eigenvalue weighted by molar-refractivity contribution is 5.76. The van der Waals surface area contributed by atoms with Crippen LogP contribution in [0.15, 0.2) is 36.5 Å². The Hall–Kier alpha value is -1.39. The van der Waals surface area contributed by atoms with Crippen molar-refractivity contribution in [3.63, 3.8) is 0 Å². The van der Waals surface area contributed by atoms with Gasteiger partial charge in [-0.05, 0) is 44.9 Å². The monoisotopic (exact) mass is 435 g/mol. The van der Waals surface area contributed by atoms with Gasteiger partial charge in [-0.2, -0.15) is 0 Å². The van der Waals surface area contributed by atoms with Crippen molar-refractivity contribution in [2.75, 3.05) is 6.61 Å². The molecule has 0 aliphatic carbocycles. The highest BCUT2D eigenvalue weighted by Crippen LogP contribution is 2.11. The number of hydrogen-bond acceptors (Lipinski definition) is 3. The number of amides is 1. The van der Waals surface area contributed by atoms with Gasteiger partial charge < -0.3 is 15.5 Å². The van der Waals surface area contributed by atoms with Crippen molar-refractivity contribution in [2.24, 2.45) is 0 Å². The fraction of sp³-hybridized carbons (Fsp3) is 0.741. The van der Waals surface area contributed by atoms with E-state index in [4.69, 9.17) is 0 Å². The van der Waals surface area contributed by atoms with Crippen molar-refractivity contribution in [3.8, 4) is 0 Å². The summed E-state index contributed by atoms with van der Waals surface area (Å²) < 4.78 is 0. The van der Waals surface area contributed by atoms with Crippen molar-refractivity contribution in [1.29, 1.82) is 0 Å². The van der Waals surface area contributed by atoms with Gasteiger partial charge in [0.25, 0.3) is 0 Å². The molecule has 31 heavy (non-hydrogen) atoms. The Morgan fingerprint density at radius 1 is 0.806 bits per heavy atom. The molecular weight excluding hydrogens is 386 g/mol. The second kappa shape index (κ2) is 23.3. The van der Waals surface area contributed by atoms with Gasteiger partial charge in [-0.15, -0.1) is 0 Å². The number of hydrogen-bond donors (Lipinski definition) is 3. The highest BCUT2D eigenvalue weighted by atomic mass is 16.3. The van der Waals surface area contributed by atoms with Gasteiger partial charge in [0.15, 0.2) is 0 Å². The van der Waals surface area contributed by atoms with Crippen molar-refractivity contribution in [1.82, 2.24) is 5.32 Å². The van der Waals surface area contributed by atoms with Gasteiger partial charge >= 0.3 is 0 Å². The van der Waals surface area contributed by atoms with E-state index in [-0.39, 0.29) is 12.5 Å². The molecule has 1 amide bonds. The summed E-state index contributed by atoms with van der Waals surface area (Å²) in [6.07, 6.45) is 27.6.